The van der Waals surface area contributed by atoms with E-state index in [1.807, 2.05) is 6.07 Å². The van der Waals surface area contributed by atoms with Crippen LogP contribution in [0.3, 0.4) is 0 Å². The molecule has 0 saturated carbocycles. The van der Waals surface area contributed by atoms with Crippen LogP contribution in [0.1, 0.15) is 65.4 Å². The summed E-state index contributed by atoms with van der Waals surface area (Å²) in [6, 6.07) is 8.13. The van der Waals surface area contributed by atoms with Crippen molar-refractivity contribution in [3.63, 3.8) is 0 Å². The number of nitrogens with one attached hydrogen (secondary N) is 2. The molecule has 1 aromatic carbocycles. The van der Waals surface area contributed by atoms with Crippen molar-refractivity contribution < 1.29 is 9.32 Å². The van der Waals surface area contributed by atoms with Crippen molar-refractivity contribution in [2.45, 2.75) is 44.9 Å². The Hall–Kier alpha value is -2.40. The summed E-state index contributed by atoms with van der Waals surface area (Å²) in [5.74, 6) is 0.963. The van der Waals surface area contributed by atoms with Crippen LogP contribution < -0.4 is 10.6 Å². The smallest absolute Gasteiger partial charge is 0.277 e. The van der Waals surface area contributed by atoms with Crippen LogP contribution in [-0.4, -0.2) is 24.2 Å². The van der Waals surface area contributed by atoms with E-state index in [0.717, 1.165) is 37.2 Å². The van der Waals surface area contributed by atoms with Crippen LogP contribution in [0.5, 0.6) is 0 Å². The molecule has 1 aliphatic carbocycles. The molecule has 1 aliphatic heterocycles. The largest absolute Gasteiger partial charge is 0.361 e. The molecule has 2 heterocycles. The number of anilines is 1. The number of amides is 1. The number of benzene rings is 1. The van der Waals surface area contributed by atoms with Crippen LogP contribution in [0.2, 0.25) is 0 Å². The number of allylic oxidation sites excluding steroid dienone is 2. The van der Waals surface area contributed by atoms with Gasteiger partial charge in [-0.2, -0.15) is 0 Å². The van der Waals surface area contributed by atoms with Crippen LogP contribution in [0.4, 0.5) is 5.69 Å². The molecule has 1 saturated heterocycles. The Bertz CT molecular complexity index is 832. The molecule has 2 aliphatic rings. The van der Waals surface area contributed by atoms with Gasteiger partial charge >= 0.3 is 0 Å². The number of rotatable bonds is 4. The molecule has 0 spiro atoms. The number of carbonyl (C=O) groups excluding carboxylic acids is 1. The lowest BCUT2D eigenvalue weighted by molar-refractivity contribution is 0.101. The number of hydrogen-bond acceptors (Lipinski definition) is 4. The predicted octanol–water partition coefficient (Wildman–Crippen LogP) is 4.27. The Kier molecular flexibility index (Phi) is 4.89. The molecule has 0 bridgehead atoms. The second-order valence-corrected chi connectivity index (χ2v) is 7.25. The Morgan fingerprint density at radius 2 is 2.23 bits per heavy atom. The minimum atomic E-state index is -0.227. The molecule has 1 amide bonds. The Balaban J connectivity index is 1.65. The van der Waals surface area contributed by atoms with Gasteiger partial charge in [0.2, 0.25) is 0 Å². The standard InChI is InChI=1S/C21H25N3O2/c1-14-11-20(24-26-14)21(25)23-19-8-7-16(17-9-10-22-13-17)12-18(19)15-5-3-2-4-6-15/h5,7-8,11-12,17,22H,2-4,6,9-10,13H2,1H3,(H,23,25). The van der Waals surface area contributed by atoms with E-state index in [1.54, 1.807) is 13.0 Å². The zero-order valence-electron chi connectivity index (χ0n) is 15.2. The van der Waals surface area contributed by atoms with Gasteiger partial charge in [-0.05, 0) is 74.8 Å². The third-order valence-electron chi connectivity index (χ3n) is 5.32. The van der Waals surface area contributed by atoms with Crippen molar-refractivity contribution in [1.82, 2.24) is 10.5 Å². The average molecular weight is 351 g/mol. The Morgan fingerprint density at radius 3 is 2.92 bits per heavy atom. The molecule has 5 heteroatoms. The van der Waals surface area contributed by atoms with E-state index < -0.39 is 0 Å². The van der Waals surface area contributed by atoms with E-state index in [0.29, 0.717) is 17.4 Å². The second-order valence-electron chi connectivity index (χ2n) is 7.25. The lowest BCUT2D eigenvalue weighted by Crippen LogP contribution is -2.14. The summed E-state index contributed by atoms with van der Waals surface area (Å²) in [6.45, 7) is 3.89. The summed E-state index contributed by atoms with van der Waals surface area (Å²) in [4.78, 5) is 12.5. The highest BCUT2D eigenvalue weighted by molar-refractivity contribution is 6.04. The van der Waals surface area contributed by atoms with E-state index in [9.17, 15) is 4.79 Å². The molecule has 136 valence electrons. The predicted molar refractivity (Wildman–Crippen MR) is 102 cm³/mol. The molecule has 1 aromatic heterocycles. The van der Waals surface area contributed by atoms with Gasteiger partial charge in [-0.1, -0.05) is 17.3 Å². The first-order valence-electron chi connectivity index (χ1n) is 9.49. The molecule has 4 rings (SSSR count). The molecule has 2 aromatic rings. The number of aromatic nitrogens is 1. The van der Waals surface area contributed by atoms with E-state index in [1.165, 1.54) is 30.4 Å². The van der Waals surface area contributed by atoms with Crippen LogP contribution in [-0.2, 0) is 0 Å². The molecular weight excluding hydrogens is 326 g/mol. The van der Waals surface area contributed by atoms with Crippen molar-refractivity contribution in [1.29, 1.82) is 0 Å². The van der Waals surface area contributed by atoms with Gasteiger partial charge in [-0.15, -0.1) is 0 Å². The van der Waals surface area contributed by atoms with Crippen LogP contribution in [0.25, 0.3) is 5.57 Å². The fraction of sp³-hybridized carbons (Fsp3) is 0.429. The SMILES string of the molecule is Cc1cc(C(=O)Nc2ccc(C3CCNC3)cc2C2=CCCCC2)no1. The molecular formula is C21H25N3O2. The molecule has 5 nitrogen and oxygen atoms in total. The Labute approximate surface area is 153 Å². The first-order valence-corrected chi connectivity index (χ1v) is 9.49. The van der Waals surface area contributed by atoms with Gasteiger partial charge in [0, 0.05) is 23.9 Å². The maximum atomic E-state index is 12.5. The summed E-state index contributed by atoms with van der Waals surface area (Å²) in [5, 5.41) is 10.3. The van der Waals surface area contributed by atoms with Crippen molar-refractivity contribution in [2.24, 2.45) is 0 Å². The van der Waals surface area contributed by atoms with Crippen molar-refractivity contribution in [3.8, 4) is 0 Å². The number of hydrogen-bond donors (Lipinski definition) is 2. The van der Waals surface area contributed by atoms with Gasteiger partial charge in [-0.25, -0.2) is 0 Å². The zero-order valence-corrected chi connectivity index (χ0v) is 15.2. The summed E-state index contributed by atoms with van der Waals surface area (Å²) in [6.07, 6.45) is 8.12. The van der Waals surface area contributed by atoms with Crippen LogP contribution in [0, 0.1) is 6.92 Å². The second kappa shape index (κ2) is 7.46. The molecule has 1 fully saturated rings. The normalized spacial score (nSPS) is 20.0. The highest BCUT2D eigenvalue weighted by atomic mass is 16.5. The fourth-order valence-corrected chi connectivity index (χ4v) is 3.87. The minimum Gasteiger partial charge on any atom is -0.361 e. The highest BCUT2D eigenvalue weighted by Gasteiger charge is 2.21. The maximum absolute atomic E-state index is 12.5. The number of nitrogens with zero attached hydrogens (tertiary/aromatic N) is 1. The lowest BCUT2D eigenvalue weighted by atomic mass is 9.89. The highest BCUT2D eigenvalue weighted by Crippen LogP contribution is 2.35. The van der Waals surface area contributed by atoms with Gasteiger partial charge in [0.1, 0.15) is 5.76 Å². The summed E-state index contributed by atoms with van der Waals surface area (Å²) in [5.41, 5.74) is 5.03. The third kappa shape index (κ3) is 3.58. The summed E-state index contributed by atoms with van der Waals surface area (Å²) >= 11 is 0. The van der Waals surface area contributed by atoms with E-state index >= 15 is 0 Å². The molecule has 26 heavy (non-hydrogen) atoms. The molecule has 0 radical (unpaired) electrons. The minimum absolute atomic E-state index is 0.227. The van der Waals surface area contributed by atoms with Gasteiger partial charge in [-0.3, -0.25) is 4.79 Å². The third-order valence-corrected chi connectivity index (χ3v) is 5.32. The van der Waals surface area contributed by atoms with Crippen molar-refractivity contribution >= 4 is 17.2 Å². The lowest BCUT2D eigenvalue weighted by Gasteiger charge is -2.19. The quantitative estimate of drug-likeness (QED) is 0.863. The number of carbonyl (C=O) groups is 1. The molecule has 2 N–H and O–H groups in total. The fourth-order valence-electron chi connectivity index (χ4n) is 3.87. The van der Waals surface area contributed by atoms with E-state index in [4.69, 9.17) is 4.52 Å². The van der Waals surface area contributed by atoms with E-state index in [-0.39, 0.29) is 5.91 Å². The van der Waals surface area contributed by atoms with Crippen molar-refractivity contribution in [2.75, 3.05) is 18.4 Å². The number of aryl methyl sites for hydroxylation is 1. The van der Waals surface area contributed by atoms with Gasteiger partial charge in [0.05, 0.1) is 0 Å². The first-order chi connectivity index (χ1) is 12.7. The van der Waals surface area contributed by atoms with E-state index in [2.05, 4.69) is 34.0 Å². The summed E-state index contributed by atoms with van der Waals surface area (Å²) < 4.78 is 5.03. The summed E-state index contributed by atoms with van der Waals surface area (Å²) in [7, 11) is 0. The molecule has 1 unspecified atom stereocenters. The first kappa shape index (κ1) is 17.0. The average Bonchev–Trinajstić information content (AvgIpc) is 3.34. The van der Waals surface area contributed by atoms with Crippen LogP contribution >= 0.6 is 0 Å². The maximum Gasteiger partial charge on any atom is 0.277 e. The zero-order chi connectivity index (χ0) is 17.9. The van der Waals surface area contributed by atoms with Gasteiger partial charge < -0.3 is 15.2 Å². The van der Waals surface area contributed by atoms with Crippen molar-refractivity contribution in [3.05, 3.63) is 52.9 Å². The van der Waals surface area contributed by atoms with Crippen LogP contribution in [0.15, 0.2) is 34.9 Å². The topological polar surface area (TPSA) is 67.2 Å². The monoisotopic (exact) mass is 351 g/mol. The van der Waals surface area contributed by atoms with Gasteiger partial charge in [0.25, 0.3) is 5.91 Å². The molecule has 1 atom stereocenters. The Morgan fingerprint density at radius 1 is 1.31 bits per heavy atom. The van der Waals surface area contributed by atoms with Gasteiger partial charge in [0.15, 0.2) is 5.69 Å².